The van der Waals surface area contributed by atoms with Gasteiger partial charge in [-0.2, -0.15) is 0 Å². The quantitative estimate of drug-likeness (QED) is 0.801. The van der Waals surface area contributed by atoms with Gasteiger partial charge < -0.3 is 10.6 Å². The largest absolute Gasteiger partial charge is 0.398 e. The lowest BCUT2D eigenvalue weighted by Crippen LogP contribution is -2.37. The molecule has 0 aliphatic carbocycles. The Morgan fingerprint density at radius 2 is 1.95 bits per heavy atom. The molecule has 1 heterocycles. The van der Waals surface area contributed by atoms with Crippen molar-refractivity contribution in [3.05, 3.63) is 24.0 Å². The van der Waals surface area contributed by atoms with Crippen LogP contribution < -0.4 is 10.5 Å². The molecule has 0 unspecified atom stereocenters. The monoisotopic (exact) mass is 301 g/mol. The number of nitrogens with one attached hydrogen (secondary N) is 1. The lowest BCUT2D eigenvalue weighted by molar-refractivity contribution is 0.233. The summed E-state index contributed by atoms with van der Waals surface area (Å²) in [5.41, 5.74) is 5.65. The van der Waals surface area contributed by atoms with Gasteiger partial charge in [0.25, 0.3) is 0 Å². The Morgan fingerprint density at radius 3 is 2.65 bits per heavy atom. The lowest BCUT2D eigenvalue weighted by atomic mass is 10.1. The van der Waals surface area contributed by atoms with E-state index in [-0.39, 0.29) is 10.6 Å². The van der Waals surface area contributed by atoms with Crippen molar-refractivity contribution in [2.24, 2.45) is 0 Å². The normalized spacial score (nSPS) is 17.2. The number of anilines is 1. The molecule has 1 aromatic carbocycles. The fourth-order valence-corrected chi connectivity index (χ4v) is 3.50. The molecule has 5 nitrogen and oxygen atoms in total. The van der Waals surface area contributed by atoms with Crippen LogP contribution in [0.15, 0.2) is 23.1 Å². The molecule has 1 aromatic rings. The highest BCUT2D eigenvalue weighted by Gasteiger charge is 2.18. The minimum atomic E-state index is -3.76. The summed E-state index contributed by atoms with van der Waals surface area (Å²) in [5, 5.41) is 0. The number of nitrogens with two attached hydrogens (primary N) is 1. The average Bonchev–Trinajstić information content (AvgIpc) is 2.42. The predicted octanol–water partition coefficient (Wildman–Crippen LogP) is 1.17. The first kappa shape index (κ1) is 15.2. The van der Waals surface area contributed by atoms with E-state index in [0.717, 1.165) is 38.1 Å². The number of piperidine rings is 1. The molecule has 0 radical (unpaired) electrons. The van der Waals surface area contributed by atoms with Gasteiger partial charge in [-0.1, -0.05) is 6.42 Å². The molecule has 1 saturated heterocycles. The fourth-order valence-electron chi connectivity index (χ4n) is 2.34. The second-order valence-electron chi connectivity index (χ2n) is 4.98. The van der Waals surface area contributed by atoms with Gasteiger partial charge in [0, 0.05) is 13.1 Å². The van der Waals surface area contributed by atoms with E-state index in [0.29, 0.717) is 13.1 Å². The first-order valence-electron chi connectivity index (χ1n) is 6.76. The van der Waals surface area contributed by atoms with E-state index in [9.17, 15) is 12.8 Å². The molecule has 1 fully saturated rings. The minimum Gasteiger partial charge on any atom is -0.398 e. The van der Waals surface area contributed by atoms with Gasteiger partial charge in [-0.15, -0.1) is 0 Å². The van der Waals surface area contributed by atoms with Crippen molar-refractivity contribution in [1.29, 1.82) is 0 Å². The van der Waals surface area contributed by atoms with Crippen molar-refractivity contribution in [2.45, 2.75) is 24.2 Å². The zero-order chi connectivity index (χ0) is 14.6. The summed E-state index contributed by atoms with van der Waals surface area (Å²) in [4.78, 5) is 2.03. The van der Waals surface area contributed by atoms with Crippen molar-refractivity contribution in [2.75, 3.05) is 31.9 Å². The number of rotatable bonds is 5. The van der Waals surface area contributed by atoms with Gasteiger partial charge in [-0.25, -0.2) is 17.5 Å². The van der Waals surface area contributed by atoms with Crippen molar-refractivity contribution in [3.8, 4) is 0 Å². The van der Waals surface area contributed by atoms with E-state index in [4.69, 9.17) is 5.73 Å². The van der Waals surface area contributed by atoms with E-state index < -0.39 is 15.8 Å². The van der Waals surface area contributed by atoms with E-state index in [2.05, 4.69) is 9.62 Å². The fraction of sp³-hybridized carbons (Fsp3) is 0.538. The third-order valence-electron chi connectivity index (χ3n) is 3.43. The van der Waals surface area contributed by atoms with Crippen LogP contribution in [0.1, 0.15) is 19.3 Å². The highest BCUT2D eigenvalue weighted by Crippen LogP contribution is 2.18. The number of hydrogen-bond donors (Lipinski definition) is 2. The van der Waals surface area contributed by atoms with Crippen molar-refractivity contribution < 1.29 is 12.8 Å². The van der Waals surface area contributed by atoms with Crippen LogP contribution in [0.5, 0.6) is 0 Å². The molecule has 1 aliphatic rings. The third kappa shape index (κ3) is 3.91. The molecule has 0 bridgehead atoms. The van der Waals surface area contributed by atoms with E-state index in [1.165, 1.54) is 12.5 Å². The van der Waals surface area contributed by atoms with E-state index in [1.807, 2.05) is 0 Å². The Hall–Kier alpha value is -1.18. The topological polar surface area (TPSA) is 75.4 Å². The van der Waals surface area contributed by atoms with E-state index in [1.54, 1.807) is 0 Å². The van der Waals surface area contributed by atoms with Gasteiger partial charge in [0.05, 0.1) is 5.69 Å². The van der Waals surface area contributed by atoms with Crippen molar-refractivity contribution >= 4 is 15.7 Å². The number of nitrogen functional groups attached to an aromatic ring is 1. The number of sulfonamides is 1. The maximum atomic E-state index is 13.1. The number of nitrogens with zero attached hydrogens (tertiary/aromatic N) is 1. The zero-order valence-electron chi connectivity index (χ0n) is 11.3. The average molecular weight is 301 g/mol. The molecule has 0 amide bonds. The Kier molecular flexibility index (Phi) is 4.95. The molecule has 112 valence electrons. The van der Waals surface area contributed by atoms with Crippen LogP contribution in [-0.4, -0.2) is 39.5 Å². The van der Waals surface area contributed by atoms with Gasteiger partial charge >= 0.3 is 0 Å². The smallest absolute Gasteiger partial charge is 0.242 e. The van der Waals surface area contributed by atoms with E-state index >= 15 is 0 Å². The molecule has 0 spiro atoms. The molecular formula is C13H20FN3O2S. The molecular weight excluding hydrogens is 281 g/mol. The summed E-state index contributed by atoms with van der Waals surface area (Å²) in [6.45, 7) is 2.97. The van der Waals surface area contributed by atoms with Gasteiger partial charge in [-0.05, 0) is 44.1 Å². The minimum absolute atomic E-state index is 0.0527. The summed E-state index contributed by atoms with van der Waals surface area (Å²) in [7, 11) is -3.76. The second kappa shape index (κ2) is 6.51. The molecule has 0 atom stereocenters. The molecule has 0 aromatic heterocycles. The Morgan fingerprint density at radius 1 is 1.25 bits per heavy atom. The Labute approximate surface area is 119 Å². The molecule has 3 N–H and O–H groups in total. The number of likely N-dealkylation sites (tertiary alicyclic amines) is 1. The van der Waals surface area contributed by atoms with Gasteiger partial charge in [-0.3, -0.25) is 0 Å². The highest BCUT2D eigenvalue weighted by molar-refractivity contribution is 7.89. The van der Waals surface area contributed by atoms with Gasteiger partial charge in [0.2, 0.25) is 10.0 Å². The number of hydrogen-bond acceptors (Lipinski definition) is 4. The van der Waals surface area contributed by atoms with Crippen molar-refractivity contribution in [3.63, 3.8) is 0 Å². The first-order chi connectivity index (χ1) is 9.49. The lowest BCUT2D eigenvalue weighted by Gasteiger charge is -2.26. The summed E-state index contributed by atoms with van der Waals surface area (Å²) in [6, 6.07) is 3.34. The number of benzene rings is 1. The van der Waals surface area contributed by atoms with Crippen LogP contribution in [0.2, 0.25) is 0 Å². The summed E-state index contributed by atoms with van der Waals surface area (Å²) in [6.07, 6.45) is 3.55. The third-order valence-corrected chi connectivity index (χ3v) is 4.95. The van der Waals surface area contributed by atoms with Gasteiger partial charge in [0.15, 0.2) is 0 Å². The second-order valence-corrected chi connectivity index (χ2v) is 6.72. The van der Waals surface area contributed by atoms with Crippen LogP contribution >= 0.6 is 0 Å². The van der Waals surface area contributed by atoms with Crippen molar-refractivity contribution in [1.82, 2.24) is 9.62 Å². The summed E-state index contributed by atoms with van der Waals surface area (Å²) in [5.74, 6) is -0.615. The predicted molar refractivity (Wildman–Crippen MR) is 76.3 cm³/mol. The molecule has 1 aliphatic heterocycles. The van der Waals surface area contributed by atoms with Gasteiger partial charge in [0.1, 0.15) is 10.7 Å². The SMILES string of the molecule is Nc1ccc(F)cc1S(=O)(=O)NCCN1CCCCC1. The maximum absolute atomic E-state index is 13.1. The standard InChI is InChI=1S/C13H20FN3O2S/c14-11-4-5-12(15)13(10-11)20(18,19)16-6-9-17-7-2-1-3-8-17/h4-5,10,16H,1-3,6-9,15H2. The Bertz CT molecular complexity index is 557. The maximum Gasteiger partial charge on any atom is 0.242 e. The highest BCUT2D eigenvalue weighted by atomic mass is 32.2. The molecule has 0 saturated carbocycles. The van der Waals surface area contributed by atoms with Crippen LogP contribution in [0.3, 0.4) is 0 Å². The van der Waals surface area contributed by atoms with Crippen LogP contribution in [0.4, 0.5) is 10.1 Å². The van der Waals surface area contributed by atoms with Crippen LogP contribution in [0.25, 0.3) is 0 Å². The first-order valence-corrected chi connectivity index (χ1v) is 8.24. The molecule has 20 heavy (non-hydrogen) atoms. The van der Waals surface area contributed by atoms with Crippen LogP contribution in [0, 0.1) is 5.82 Å². The summed E-state index contributed by atoms with van der Waals surface area (Å²) < 4.78 is 39.8. The molecule has 2 rings (SSSR count). The van der Waals surface area contributed by atoms with Crippen LogP contribution in [-0.2, 0) is 10.0 Å². The summed E-state index contributed by atoms with van der Waals surface area (Å²) >= 11 is 0. The zero-order valence-corrected chi connectivity index (χ0v) is 12.1. The number of halogens is 1. The Balaban J connectivity index is 1.95. The molecule has 7 heteroatoms.